The Morgan fingerprint density at radius 1 is 1.12 bits per heavy atom. The molecular formula is C14H21NO. The van der Waals surface area contributed by atoms with Crippen LogP contribution in [0.1, 0.15) is 43.2 Å². The zero-order chi connectivity index (χ0) is 11.4. The lowest BCUT2D eigenvalue weighted by atomic mass is 9.80. The van der Waals surface area contributed by atoms with Crippen LogP contribution in [0.5, 0.6) is 0 Å². The van der Waals surface area contributed by atoms with Gasteiger partial charge in [0.2, 0.25) is 0 Å². The molecule has 3 N–H and O–H groups in total. The monoisotopic (exact) mass is 219 g/mol. The van der Waals surface area contributed by atoms with Crippen molar-refractivity contribution in [3.8, 4) is 0 Å². The molecule has 1 aromatic carbocycles. The van der Waals surface area contributed by atoms with Crippen molar-refractivity contribution < 1.29 is 5.11 Å². The third-order valence-electron chi connectivity index (χ3n) is 3.54. The van der Waals surface area contributed by atoms with Gasteiger partial charge >= 0.3 is 0 Å². The van der Waals surface area contributed by atoms with Crippen molar-refractivity contribution in [1.82, 2.24) is 0 Å². The zero-order valence-corrected chi connectivity index (χ0v) is 9.78. The summed E-state index contributed by atoms with van der Waals surface area (Å²) in [7, 11) is 0. The Labute approximate surface area is 97.5 Å². The Morgan fingerprint density at radius 2 is 1.81 bits per heavy atom. The number of hydrogen-bond donors (Lipinski definition) is 2. The van der Waals surface area contributed by atoms with E-state index in [9.17, 15) is 5.11 Å². The Morgan fingerprint density at radius 3 is 2.50 bits per heavy atom. The predicted molar refractivity (Wildman–Crippen MR) is 66.1 cm³/mol. The third-order valence-corrected chi connectivity index (χ3v) is 3.54. The highest BCUT2D eigenvalue weighted by Gasteiger charge is 2.29. The summed E-state index contributed by atoms with van der Waals surface area (Å²) in [4.78, 5) is 0. The summed E-state index contributed by atoms with van der Waals surface area (Å²) in [5.41, 5.74) is 7.52. The quantitative estimate of drug-likeness (QED) is 0.820. The first-order chi connectivity index (χ1) is 7.72. The molecule has 0 bridgehead atoms. The van der Waals surface area contributed by atoms with Crippen LogP contribution >= 0.6 is 0 Å². The lowest BCUT2D eigenvalue weighted by Gasteiger charge is -2.32. The van der Waals surface area contributed by atoms with Gasteiger partial charge in [-0.25, -0.2) is 0 Å². The maximum atomic E-state index is 10.5. The summed E-state index contributed by atoms with van der Waals surface area (Å²) in [5.74, 6) is 0. The van der Waals surface area contributed by atoms with Gasteiger partial charge in [0.15, 0.2) is 0 Å². The molecule has 0 saturated heterocycles. The van der Waals surface area contributed by atoms with Crippen molar-refractivity contribution in [3.63, 3.8) is 0 Å². The molecule has 0 unspecified atom stereocenters. The summed E-state index contributed by atoms with van der Waals surface area (Å²) in [6.07, 6.45) is 6.26. The Balaban J connectivity index is 2.07. The molecule has 0 amide bonds. The number of aliphatic hydroxyl groups is 1. The molecule has 0 heterocycles. The SMILES string of the molecule is NCc1cccc(CC2(O)CCCCC2)c1. The average Bonchev–Trinajstić information content (AvgIpc) is 2.29. The second-order valence-electron chi connectivity index (χ2n) is 4.99. The summed E-state index contributed by atoms with van der Waals surface area (Å²) in [5, 5.41) is 10.5. The van der Waals surface area contributed by atoms with Crippen LogP contribution in [0.2, 0.25) is 0 Å². The molecule has 0 aromatic heterocycles. The highest BCUT2D eigenvalue weighted by atomic mass is 16.3. The fraction of sp³-hybridized carbons (Fsp3) is 0.571. The molecular weight excluding hydrogens is 198 g/mol. The Hall–Kier alpha value is -0.860. The van der Waals surface area contributed by atoms with Crippen LogP contribution in [0.3, 0.4) is 0 Å². The van der Waals surface area contributed by atoms with Crippen molar-refractivity contribution in [2.45, 2.75) is 50.7 Å². The highest BCUT2D eigenvalue weighted by Crippen LogP contribution is 2.31. The number of hydrogen-bond acceptors (Lipinski definition) is 2. The summed E-state index contributed by atoms with van der Waals surface area (Å²) in [6, 6.07) is 8.27. The van der Waals surface area contributed by atoms with E-state index in [2.05, 4.69) is 12.1 Å². The fourth-order valence-corrected chi connectivity index (χ4v) is 2.63. The van der Waals surface area contributed by atoms with Crippen molar-refractivity contribution >= 4 is 0 Å². The Bertz CT molecular complexity index is 342. The van der Waals surface area contributed by atoms with Gasteiger partial charge in [0.05, 0.1) is 5.60 Å². The first-order valence-corrected chi connectivity index (χ1v) is 6.22. The minimum absolute atomic E-state index is 0.467. The molecule has 1 aliphatic carbocycles. The predicted octanol–water partition coefficient (Wildman–Crippen LogP) is 2.38. The molecule has 2 nitrogen and oxygen atoms in total. The van der Waals surface area contributed by atoms with Crippen LogP contribution in [0.15, 0.2) is 24.3 Å². The lowest BCUT2D eigenvalue weighted by Crippen LogP contribution is -2.33. The number of benzene rings is 1. The molecule has 0 atom stereocenters. The van der Waals surface area contributed by atoms with E-state index in [4.69, 9.17) is 5.73 Å². The molecule has 0 radical (unpaired) electrons. The van der Waals surface area contributed by atoms with E-state index in [0.29, 0.717) is 6.54 Å². The maximum Gasteiger partial charge on any atom is 0.0688 e. The van der Waals surface area contributed by atoms with Gasteiger partial charge in [-0.05, 0) is 24.0 Å². The van der Waals surface area contributed by atoms with Crippen molar-refractivity contribution in [1.29, 1.82) is 0 Å². The Kier molecular flexibility index (Phi) is 3.62. The summed E-state index contributed by atoms with van der Waals surface area (Å²) >= 11 is 0. The van der Waals surface area contributed by atoms with Gasteiger partial charge in [-0.1, -0.05) is 43.5 Å². The first kappa shape index (κ1) is 11.6. The second-order valence-corrected chi connectivity index (χ2v) is 4.99. The zero-order valence-electron chi connectivity index (χ0n) is 9.78. The van der Waals surface area contributed by atoms with Crippen molar-refractivity contribution in [2.75, 3.05) is 0 Å². The van der Waals surface area contributed by atoms with Crippen molar-refractivity contribution in [3.05, 3.63) is 35.4 Å². The van der Waals surface area contributed by atoms with Gasteiger partial charge in [-0.2, -0.15) is 0 Å². The topological polar surface area (TPSA) is 46.2 Å². The van der Waals surface area contributed by atoms with Gasteiger partial charge in [-0.3, -0.25) is 0 Å². The van der Waals surface area contributed by atoms with E-state index in [-0.39, 0.29) is 0 Å². The molecule has 1 aromatic rings. The van der Waals surface area contributed by atoms with Crippen LogP contribution in [-0.4, -0.2) is 10.7 Å². The third kappa shape index (κ3) is 2.83. The molecule has 2 heteroatoms. The molecule has 1 saturated carbocycles. The normalized spacial score (nSPS) is 19.6. The smallest absolute Gasteiger partial charge is 0.0688 e. The lowest BCUT2D eigenvalue weighted by molar-refractivity contribution is 0.00448. The van der Waals surface area contributed by atoms with E-state index in [0.717, 1.165) is 37.7 Å². The summed E-state index contributed by atoms with van der Waals surface area (Å²) in [6.45, 7) is 0.576. The fourth-order valence-electron chi connectivity index (χ4n) is 2.63. The molecule has 2 rings (SSSR count). The second kappa shape index (κ2) is 4.98. The minimum Gasteiger partial charge on any atom is -0.390 e. The molecule has 16 heavy (non-hydrogen) atoms. The maximum absolute atomic E-state index is 10.5. The minimum atomic E-state index is -0.467. The van der Waals surface area contributed by atoms with Gasteiger partial charge in [-0.15, -0.1) is 0 Å². The van der Waals surface area contributed by atoms with Crippen LogP contribution in [0.25, 0.3) is 0 Å². The van der Waals surface area contributed by atoms with E-state index < -0.39 is 5.60 Å². The first-order valence-electron chi connectivity index (χ1n) is 6.22. The van der Waals surface area contributed by atoms with Gasteiger partial charge < -0.3 is 10.8 Å². The van der Waals surface area contributed by atoms with E-state index in [1.54, 1.807) is 0 Å². The molecule has 1 fully saturated rings. The highest BCUT2D eigenvalue weighted by molar-refractivity contribution is 5.24. The van der Waals surface area contributed by atoms with E-state index >= 15 is 0 Å². The summed E-state index contributed by atoms with van der Waals surface area (Å²) < 4.78 is 0. The number of nitrogens with two attached hydrogens (primary N) is 1. The molecule has 0 aliphatic heterocycles. The number of rotatable bonds is 3. The molecule has 1 aliphatic rings. The van der Waals surface area contributed by atoms with E-state index in [1.165, 1.54) is 12.0 Å². The average molecular weight is 219 g/mol. The van der Waals surface area contributed by atoms with Crippen LogP contribution in [0, 0.1) is 0 Å². The largest absolute Gasteiger partial charge is 0.390 e. The molecule has 88 valence electrons. The van der Waals surface area contributed by atoms with Crippen molar-refractivity contribution in [2.24, 2.45) is 5.73 Å². The van der Waals surface area contributed by atoms with E-state index in [1.807, 2.05) is 12.1 Å². The van der Waals surface area contributed by atoms with Gasteiger partial charge in [0.1, 0.15) is 0 Å². The van der Waals surface area contributed by atoms with Crippen LogP contribution < -0.4 is 5.73 Å². The van der Waals surface area contributed by atoms with Crippen LogP contribution in [-0.2, 0) is 13.0 Å². The standard InChI is InChI=1S/C14H21NO/c15-11-13-6-4-5-12(9-13)10-14(16)7-2-1-3-8-14/h4-6,9,16H,1-3,7-8,10-11,15H2. The molecule has 0 spiro atoms. The van der Waals surface area contributed by atoms with Gasteiger partial charge in [0.25, 0.3) is 0 Å². The van der Waals surface area contributed by atoms with Crippen LogP contribution in [0.4, 0.5) is 0 Å². The van der Waals surface area contributed by atoms with Gasteiger partial charge in [0, 0.05) is 13.0 Å².